The van der Waals surface area contributed by atoms with Crippen LogP contribution >= 0.6 is 0 Å². The van der Waals surface area contributed by atoms with Gasteiger partial charge < -0.3 is 9.42 Å². The summed E-state index contributed by atoms with van der Waals surface area (Å²) < 4.78 is 31.0. The molecular weight excluding hydrogens is 268 g/mol. The van der Waals surface area contributed by atoms with Gasteiger partial charge in [0.25, 0.3) is 5.92 Å². The molecule has 1 fully saturated rings. The Hall–Kier alpha value is -2.12. The molecule has 8 heteroatoms. The summed E-state index contributed by atoms with van der Waals surface area (Å²) in [5, 5.41) is 3.72. The second-order valence-corrected chi connectivity index (χ2v) is 4.79. The van der Waals surface area contributed by atoms with E-state index < -0.39 is 5.92 Å². The number of hydrogen-bond donors (Lipinski definition) is 0. The Morgan fingerprint density at radius 1 is 1.25 bits per heavy atom. The van der Waals surface area contributed by atoms with E-state index in [4.69, 9.17) is 0 Å². The average Bonchev–Trinajstić information content (AvgIpc) is 2.91. The first-order valence-electron chi connectivity index (χ1n) is 6.29. The molecule has 20 heavy (non-hydrogen) atoms. The quantitative estimate of drug-likeness (QED) is 0.839. The second kappa shape index (κ2) is 4.77. The zero-order chi connectivity index (χ0) is 14.2. The van der Waals surface area contributed by atoms with E-state index in [2.05, 4.69) is 24.6 Å². The summed E-state index contributed by atoms with van der Waals surface area (Å²) in [4.78, 5) is 14.3. The van der Waals surface area contributed by atoms with Gasteiger partial charge in [0.2, 0.25) is 18.2 Å². The second-order valence-electron chi connectivity index (χ2n) is 4.79. The topological polar surface area (TPSA) is 67.9 Å². The molecule has 0 atom stereocenters. The Morgan fingerprint density at radius 3 is 2.65 bits per heavy atom. The van der Waals surface area contributed by atoms with E-state index in [1.165, 1.54) is 6.39 Å². The Labute approximate surface area is 113 Å². The lowest BCUT2D eigenvalue weighted by atomic mass is 10.1. The van der Waals surface area contributed by atoms with Gasteiger partial charge in [-0.25, -0.2) is 18.7 Å². The van der Waals surface area contributed by atoms with Gasteiger partial charge >= 0.3 is 0 Å². The highest BCUT2D eigenvalue weighted by Crippen LogP contribution is 2.29. The number of hydrogen-bond acceptors (Lipinski definition) is 6. The van der Waals surface area contributed by atoms with Crippen molar-refractivity contribution in [3.8, 4) is 11.5 Å². The lowest BCUT2D eigenvalue weighted by molar-refractivity contribution is -0.0222. The van der Waals surface area contributed by atoms with E-state index in [9.17, 15) is 8.78 Å². The zero-order valence-corrected chi connectivity index (χ0v) is 10.9. The molecule has 0 spiro atoms. The first kappa shape index (κ1) is 12.9. The normalized spacial score (nSPS) is 18.2. The molecule has 0 aliphatic carbocycles. The van der Waals surface area contributed by atoms with Crippen LogP contribution in [0.1, 0.15) is 18.5 Å². The fourth-order valence-corrected chi connectivity index (χ4v) is 2.13. The van der Waals surface area contributed by atoms with Gasteiger partial charge in [-0.1, -0.05) is 5.16 Å². The van der Waals surface area contributed by atoms with Crippen LogP contribution < -0.4 is 4.90 Å². The van der Waals surface area contributed by atoms with Gasteiger partial charge in [-0.15, -0.1) is 0 Å². The third-order valence-electron chi connectivity index (χ3n) is 3.21. The van der Waals surface area contributed by atoms with E-state index in [1.54, 1.807) is 11.0 Å². The van der Waals surface area contributed by atoms with E-state index in [0.29, 0.717) is 17.5 Å². The summed E-state index contributed by atoms with van der Waals surface area (Å²) in [5.41, 5.74) is 1.26. The minimum Gasteiger partial charge on any atom is -0.342 e. The first-order valence-corrected chi connectivity index (χ1v) is 6.29. The SMILES string of the molecule is Cc1cc(-c2ncon2)nc(N2CCC(F)(F)CC2)n1. The molecule has 3 heterocycles. The molecule has 0 saturated carbocycles. The Balaban J connectivity index is 1.87. The van der Waals surface area contributed by atoms with Gasteiger partial charge in [0.05, 0.1) is 0 Å². The van der Waals surface area contributed by atoms with Crippen LogP contribution in [0.5, 0.6) is 0 Å². The minimum absolute atomic E-state index is 0.179. The summed E-state index contributed by atoms with van der Waals surface area (Å²) in [6, 6.07) is 1.73. The van der Waals surface area contributed by atoms with Crippen molar-refractivity contribution >= 4 is 5.95 Å². The van der Waals surface area contributed by atoms with Crippen LogP contribution in [-0.2, 0) is 0 Å². The van der Waals surface area contributed by atoms with Crippen molar-refractivity contribution in [3.63, 3.8) is 0 Å². The van der Waals surface area contributed by atoms with Gasteiger partial charge in [0, 0.05) is 31.6 Å². The maximum atomic E-state index is 13.2. The molecule has 106 valence electrons. The molecule has 0 N–H and O–H groups in total. The first-order chi connectivity index (χ1) is 9.53. The fraction of sp³-hybridized carbons (Fsp3) is 0.500. The molecule has 0 unspecified atom stereocenters. The van der Waals surface area contributed by atoms with Crippen molar-refractivity contribution < 1.29 is 13.3 Å². The summed E-state index contributed by atoms with van der Waals surface area (Å²) in [7, 11) is 0. The van der Waals surface area contributed by atoms with Crippen molar-refractivity contribution in [2.75, 3.05) is 18.0 Å². The van der Waals surface area contributed by atoms with Crippen LogP contribution in [0.15, 0.2) is 17.0 Å². The number of aromatic nitrogens is 4. The highest BCUT2D eigenvalue weighted by atomic mass is 19.3. The summed E-state index contributed by atoms with van der Waals surface area (Å²) in [6.07, 6.45) is 0.859. The standard InChI is InChI=1S/C12H13F2N5O/c1-8-6-9(10-15-7-20-18-10)17-11(16-8)19-4-2-12(13,14)3-5-19/h6-7H,2-5H2,1H3. The number of anilines is 1. The predicted octanol–water partition coefficient (Wildman–Crippen LogP) is 2.07. The molecule has 0 aromatic carbocycles. The largest absolute Gasteiger partial charge is 0.342 e. The van der Waals surface area contributed by atoms with E-state index >= 15 is 0 Å². The van der Waals surface area contributed by atoms with Crippen molar-refractivity contribution in [1.82, 2.24) is 20.1 Å². The molecule has 1 aliphatic rings. The molecule has 6 nitrogen and oxygen atoms in total. The molecule has 2 aromatic rings. The maximum absolute atomic E-state index is 13.2. The zero-order valence-electron chi connectivity index (χ0n) is 10.9. The lowest BCUT2D eigenvalue weighted by Gasteiger charge is -2.31. The molecular formula is C12H13F2N5O. The number of alkyl halides is 2. The predicted molar refractivity (Wildman–Crippen MR) is 66.5 cm³/mol. The summed E-state index contributed by atoms with van der Waals surface area (Å²) in [5.74, 6) is -1.80. The number of piperidine rings is 1. The van der Waals surface area contributed by atoms with E-state index in [-0.39, 0.29) is 25.9 Å². The molecule has 1 aliphatic heterocycles. The van der Waals surface area contributed by atoms with Crippen molar-refractivity contribution in [2.24, 2.45) is 0 Å². The number of halogens is 2. The average molecular weight is 281 g/mol. The van der Waals surface area contributed by atoms with Crippen LogP contribution in [0, 0.1) is 6.92 Å². The smallest absolute Gasteiger partial charge is 0.251 e. The lowest BCUT2D eigenvalue weighted by Crippen LogP contribution is -2.40. The summed E-state index contributed by atoms with van der Waals surface area (Å²) in [6.45, 7) is 2.29. The highest BCUT2D eigenvalue weighted by Gasteiger charge is 2.34. The monoisotopic (exact) mass is 281 g/mol. The van der Waals surface area contributed by atoms with Gasteiger partial charge in [-0.2, -0.15) is 4.98 Å². The highest BCUT2D eigenvalue weighted by molar-refractivity contribution is 5.51. The minimum atomic E-state index is -2.59. The Kier molecular flexibility index (Phi) is 3.07. The van der Waals surface area contributed by atoms with Crippen LogP contribution in [0.4, 0.5) is 14.7 Å². The molecule has 1 saturated heterocycles. The number of rotatable bonds is 2. The molecule has 3 rings (SSSR count). The van der Waals surface area contributed by atoms with Crippen LogP contribution in [-0.4, -0.2) is 39.1 Å². The maximum Gasteiger partial charge on any atom is 0.251 e. The number of aryl methyl sites for hydroxylation is 1. The molecule has 0 radical (unpaired) electrons. The van der Waals surface area contributed by atoms with Crippen LogP contribution in [0.2, 0.25) is 0 Å². The van der Waals surface area contributed by atoms with E-state index in [1.807, 2.05) is 6.92 Å². The molecule has 0 bridgehead atoms. The Bertz CT molecular complexity index is 592. The van der Waals surface area contributed by atoms with Crippen LogP contribution in [0.25, 0.3) is 11.5 Å². The van der Waals surface area contributed by atoms with Gasteiger partial charge in [0.1, 0.15) is 5.69 Å². The van der Waals surface area contributed by atoms with Gasteiger partial charge in [0.15, 0.2) is 0 Å². The molecule has 2 aromatic heterocycles. The van der Waals surface area contributed by atoms with Crippen molar-refractivity contribution in [3.05, 3.63) is 18.2 Å². The third kappa shape index (κ3) is 2.59. The van der Waals surface area contributed by atoms with Crippen molar-refractivity contribution in [1.29, 1.82) is 0 Å². The summed E-state index contributed by atoms with van der Waals surface area (Å²) >= 11 is 0. The van der Waals surface area contributed by atoms with E-state index in [0.717, 1.165) is 5.69 Å². The number of nitrogens with zero attached hydrogens (tertiary/aromatic N) is 5. The Morgan fingerprint density at radius 2 is 2.00 bits per heavy atom. The fourth-order valence-electron chi connectivity index (χ4n) is 2.13. The van der Waals surface area contributed by atoms with Crippen molar-refractivity contribution in [2.45, 2.75) is 25.7 Å². The molecule has 0 amide bonds. The van der Waals surface area contributed by atoms with Gasteiger partial charge in [-0.05, 0) is 13.0 Å². The van der Waals surface area contributed by atoms with Gasteiger partial charge in [-0.3, -0.25) is 0 Å². The van der Waals surface area contributed by atoms with Crippen LogP contribution in [0.3, 0.4) is 0 Å². The third-order valence-corrected chi connectivity index (χ3v) is 3.21.